The Morgan fingerprint density at radius 3 is 2.58 bits per heavy atom. The first-order valence-corrected chi connectivity index (χ1v) is 14.8. The van der Waals surface area contributed by atoms with E-state index in [9.17, 15) is 28.0 Å². The topological polar surface area (TPSA) is 153 Å². The zero-order chi connectivity index (χ0) is 29.0. The quantitative estimate of drug-likeness (QED) is 0.296. The number of pyridine rings is 1. The second kappa shape index (κ2) is 12.2. The molecule has 1 aliphatic heterocycles. The van der Waals surface area contributed by atoms with Crippen molar-refractivity contribution in [3.05, 3.63) is 65.2 Å². The first kappa shape index (κ1) is 29.2. The molecule has 214 valence electrons. The van der Waals surface area contributed by atoms with Crippen LogP contribution in [0.15, 0.2) is 58.1 Å². The van der Waals surface area contributed by atoms with Gasteiger partial charge in [0.1, 0.15) is 11.6 Å². The van der Waals surface area contributed by atoms with Crippen LogP contribution in [0.25, 0.3) is 11.0 Å². The lowest BCUT2D eigenvalue weighted by molar-refractivity contribution is -0.646. The SMILES string of the molecule is CCc1c(C(=O)NC(CC(C)C)C(=O)N[C@H]2CCN(S(=O)(=O)c3cccc[n+]3[O-])CCC2=O)oc2ccccc12. The van der Waals surface area contributed by atoms with Crippen LogP contribution in [0.2, 0.25) is 0 Å². The molecule has 3 aromatic rings. The van der Waals surface area contributed by atoms with E-state index in [0.29, 0.717) is 18.4 Å². The van der Waals surface area contributed by atoms with E-state index in [-0.39, 0.29) is 48.1 Å². The Morgan fingerprint density at radius 2 is 1.88 bits per heavy atom. The number of hydrogen-bond donors (Lipinski definition) is 2. The Labute approximate surface area is 233 Å². The zero-order valence-corrected chi connectivity index (χ0v) is 23.6. The molecule has 1 unspecified atom stereocenters. The van der Waals surface area contributed by atoms with Crippen LogP contribution in [0.4, 0.5) is 0 Å². The highest BCUT2D eigenvalue weighted by atomic mass is 32.2. The highest BCUT2D eigenvalue weighted by molar-refractivity contribution is 7.88. The molecule has 2 N–H and O–H groups in total. The molecule has 2 atom stereocenters. The molecule has 40 heavy (non-hydrogen) atoms. The van der Waals surface area contributed by atoms with Crippen LogP contribution in [-0.4, -0.2) is 55.5 Å². The molecule has 1 aromatic carbocycles. The number of aromatic nitrogens is 1. The molecule has 0 aliphatic carbocycles. The fourth-order valence-corrected chi connectivity index (χ4v) is 6.41. The molecule has 0 spiro atoms. The van der Waals surface area contributed by atoms with Gasteiger partial charge in [-0.3, -0.25) is 14.4 Å². The molecule has 2 amide bonds. The van der Waals surface area contributed by atoms with Crippen LogP contribution in [-0.2, 0) is 26.0 Å². The van der Waals surface area contributed by atoms with Gasteiger partial charge in [0.2, 0.25) is 5.91 Å². The van der Waals surface area contributed by atoms with Gasteiger partial charge in [-0.1, -0.05) is 39.0 Å². The van der Waals surface area contributed by atoms with Gasteiger partial charge in [0.25, 0.3) is 5.91 Å². The number of hydrogen-bond acceptors (Lipinski definition) is 7. The molecule has 1 fully saturated rings. The number of fused-ring (bicyclic) bond motifs is 1. The molecule has 0 saturated carbocycles. The molecule has 2 aromatic heterocycles. The van der Waals surface area contributed by atoms with E-state index >= 15 is 0 Å². The number of sulfonamides is 1. The summed E-state index contributed by atoms with van der Waals surface area (Å²) < 4.78 is 33.3. The number of rotatable bonds is 9. The minimum Gasteiger partial charge on any atom is -0.618 e. The Hall–Kier alpha value is -3.77. The van der Waals surface area contributed by atoms with Crippen LogP contribution in [0, 0.1) is 11.1 Å². The maximum absolute atomic E-state index is 13.4. The Bertz CT molecular complexity index is 1520. The van der Waals surface area contributed by atoms with Crippen molar-refractivity contribution in [2.75, 3.05) is 13.1 Å². The number of nitrogens with one attached hydrogen (secondary N) is 2. The number of aryl methyl sites for hydroxylation is 1. The summed E-state index contributed by atoms with van der Waals surface area (Å²) in [5.74, 6) is -1.19. The zero-order valence-electron chi connectivity index (χ0n) is 22.8. The van der Waals surface area contributed by atoms with Crippen LogP contribution >= 0.6 is 0 Å². The molecule has 1 saturated heterocycles. The van der Waals surface area contributed by atoms with Gasteiger partial charge in [0.15, 0.2) is 17.7 Å². The largest absolute Gasteiger partial charge is 0.618 e. The fourth-order valence-electron chi connectivity index (χ4n) is 4.92. The summed E-state index contributed by atoms with van der Waals surface area (Å²) in [4.78, 5) is 39.5. The molecule has 3 heterocycles. The molecule has 11 nitrogen and oxygen atoms in total. The summed E-state index contributed by atoms with van der Waals surface area (Å²) in [6, 6.07) is 9.54. The van der Waals surface area contributed by atoms with Gasteiger partial charge in [0.05, 0.1) is 6.04 Å². The smallest absolute Gasteiger partial charge is 0.323 e. The molecule has 0 radical (unpaired) electrons. The van der Waals surface area contributed by atoms with Gasteiger partial charge in [-0.25, -0.2) is 8.42 Å². The van der Waals surface area contributed by atoms with Crippen molar-refractivity contribution in [2.45, 2.75) is 63.6 Å². The fraction of sp³-hybridized carbons (Fsp3) is 0.429. The Balaban J connectivity index is 1.48. The van der Waals surface area contributed by atoms with Crippen molar-refractivity contribution in [1.29, 1.82) is 0 Å². The number of carbonyl (C=O) groups is 3. The van der Waals surface area contributed by atoms with Crippen molar-refractivity contribution < 1.29 is 31.9 Å². The molecular weight excluding hydrogens is 536 g/mol. The summed E-state index contributed by atoms with van der Waals surface area (Å²) in [7, 11) is -4.14. The summed E-state index contributed by atoms with van der Waals surface area (Å²) in [6.07, 6.45) is 1.87. The lowest BCUT2D eigenvalue weighted by Crippen LogP contribution is -2.52. The van der Waals surface area contributed by atoms with Crippen LogP contribution < -0.4 is 15.4 Å². The van der Waals surface area contributed by atoms with Gasteiger partial charge in [0, 0.05) is 42.6 Å². The van der Waals surface area contributed by atoms with Crippen LogP contribution in [0.1, 0.15) is 56.2 Å². The van der Waals surface area contributed by atoms with E-state index < -0.39 is 38.9 Å². The van der Waals surface area contributed by atoms with E-state index in [2.05, 4.69) is 10.6 Å². The summed E-state index contributed by atoms with van der Waals surface area (Å²) >= 11 is 0. The number of benzene rings is 1. The molecule has 12 heteroatoms. The third kappa shape index (κ3) is 6.18. The van der Waals surface area contributed by atoms with Gasteiger partial charge in [-0.05, 0) is 37.3 Å². The summed E-state index contributed by atoms with van der Waals surface area (Å²) in [5.41, 5.74) is 1.32. The van der Waals surface area contributed by atoms with E-state index in [1.54, 1.807) is 6.07 Å². The number of ketones is 1. The van der Waals surface area contributed by atoms with Crippen molar-refractivity contribution >= 4 is 38.6 Å². The van der Waals surface area contributed by atoms with Crippen LogP contribution in [0.5, 0.6) is 0 Å². The normalized spacial score (nSPS) is 17.5. The summed E-state index contributed by atoms with van der Waals surface area (Å²) in [5, 5.41) is 18.0. The molecule has 0 bridgehead atoms. The van der Waals surface area contributed by atoms with Crippen molar-refractivity contribution in [3.63, 3.8) is 0 Å². The lowest BCUT2D eigenvalue weighted by atomic mass is 10.0. The van der Waals surface area contributed by atoms with E-state index in [1.807, 2.05) is 39.0 Å². The molecule has 1 aliphatic rings. The van der Waals surface area contributed by atoms with Gasteiger partial charge < -0.3 is 20.3 Å². The standard InChI is InChI=1S/C28H34N4O7S/c1-4-19-20-9-5-6-10-24(20)39-26(19)28(35)30-22(17-18(2)3)27(34)29-21-12-15-31(16-13-23(21)33)40(37,38)25-11-7-8-14-32(25)36/h5-11,14,18,21-22H,4,12-13,15-17H2,1-3H3,(H,29,34)(H,30,35)/t21-,22?/m0/s1. The van der Waals surface area contributed by atoms with E-state index in [4.69, 9.17) is 4.42 Å². The molecular formula is C28H34N4O7S. The number of Topliss-reactive ketones (excluding diaryl/α,β-unsaturated/α-hetero) is 1. The van der Waals surface area contributed by atoms with Crippen molar-refractivity contribution in [2.24, 2.45) is 5.92 Å². The first-order valence-electron chi connectivity index (χ1n) is 13.4. The minimum atomic E-state index is -4.14. The number of nitrogens with zero attached hydrogens (tertiary/aromatic N) is 2. The predicted molar refractivity (Wildman–Crippen MR) is 147 cm³/mol. The first-order chi connectivity index (χ1) is 19.0. The third-order valence-corrected chi connectivity index (χ3v) is 8.85. The lowest BCUT2D eigenvalue weighted by Gasteiger charge is -2.23. The second-order valence-electron chi connectivity index (χ2n) is 10.2. The second-order valence-corrected chi connectivity index (χ2v) is 12.1. The number of para-hydroxylation sites is 1. The van der Waals surface area contributed by atoms with Gasteiger partial charge in [-0.2, -0.15) is 9.04 Å². The maximum atomic E-state index is 13.4. The average Bonchev–Trinajstić information content (AvgIpc) is 3.20. The number of amides is 2. The number of furan rings is 1. The Morgan fingerprint density at radius 1 is 1.15 bits per heavy atom. The van der Waals surface area contributed by atoms with E-state index in [1.165, 1.54) is 18.2 Å². The maximum Gasteiger partial charge on any atom is 0.323 e. The van der Waals surface area contributed by atoms with Crippen molar-refractivity contribution in [3.8, 4) is 0 Å². The highest BCUT2D eigenvalue weighted by Gasteiger charge is 2.36. The highest BCUT2D eigenvalue weighted by Crippen LogP contribution is 2.26. The van der Waals surface area contributed by atoms with Gasteiger partial charge in [-0.15, -0.1) is 0 Å². The van der Waals surface area contributed by atoms with E-state index in [0.717, 1.165) is 21.5 Å². The molecule has 4 rings (SSSR count). The summed E-state index contributed by atoms with van der Waals surface area (Å²) in [6.45, 7) is 5.57. The number of carbonyl (C=O) groups excluding carboxylic acids is 3. The van der Waals surface area contributed by atoms with Gasteiger partial charge >= 0.3 is 15.0 Å². The average molecular weight is 571 g/mol. The predicted octanol–water partition coefficient (Wildman–Crippen LogP) is 2.31. The minimum absolute atomic E-state index is 0.0292. The Kier molecular flexibility index (Phi) is 8.89. The monoisotopic (exact) mass is 570 g/mol. The third-order valence-electron chi connectivity index (χ3n) is 6.96. The van der Waals surface area contributed by atoms with Crippen LogP contribution in [0.3, 0.4) is 0 Å². The van der Waals surface area contributed by atoms with Crippen molar-refractivity contribution in [1.82, 2.24) is 14.9 Å².